The van der Waals surface area contributed by atoms with Gasteiger partial charge in [0, 0.05) is 17.5 Å². The minimum absolute atomic E-state index is 0.586. The zero-order valence-corrected chi connectivity index (χ0v) is 14.1. The van der Waals surface area contributed by atoms with Gasteiger partial charge in [0.15, 0.2) is 11.5 Å². The van der Waals surface area contributed by atoms with Gasteiger partial charge >= 0.3 is 0 Å². The lowest BCUT2D eigenvalue weighted by Crippen LogP contribution is -2.27. The topological polar surface area (TPSA) is 30.5 Å². The van der Waals surface area contributed by atoms with Crippen molar-refractivity contribution in [2.75, 3.05) is 20.5 Å². The third-order valence-corrected chi connectivity index (χ3v) is 4.32. The van der Waals surface area contributed by atoms with Gasteiger partial charge in [-0.25, -0.2) is 0 Å². The van der Waals surface area contributed by atoms with Crippen molar-refractivity contribution in [3.63, 3.8) is 0 Å². The lowest BCUT2D eigenvalue weighted by atomic mass is 10.1. The van der Waals surface area contributed by atoms with Crippen LogP contribution in [0.3, 0.4) is 0 Å². The second-order valence-corrected chi connectivity index (χ2v) is 5.64. The quantitative estimate of drug-likeness (QED) is 0.695. The second-order valence-electron chi connectivity index (χ2n) is 4.79. The van der Waals surface area contributed by atoms with Crippen molar-refractivity contribution in [3.8, 4) is 11.5 Å². The van der Waals surface area contributed by atoms with Gasteiger partial charge in [-0.3, -0.25) is 0 Å². The predicted molar refractivity (Wildman–Crippen MR) is 87.2 cm³/mol. The molecule has 1 aromatic carbocycles. The third kappa shape index (κ3) is 4.60. The van der Waals surface area contributed by atoms with Gasteiger partial charge in [0.1, 0.15) is 0 Å². The van der Waals surface area contributed by atoms with Crippen molar-refractivity contribution >= 4 is 11.8 Å². The summed E-state index contributed by atoms with van der Waals surface area (Å²) in [6, 6.07) is 4.72. The molecule has 20 heavy (non-hydrogen) atoms. The molecule has 1 atom stereocenters. The van der Waals surface area contributed by atoms with Gasteiger partial charge in [0.05, 0.1) is 14.2 Å². The Bertz CT molecular complexity index is 410. The molecule has 0 saturated heterocycles. The van der Waals surface area contributed by atoms with Crippen molar-refractivity contribution in [1.29, 1.82) is 0 Å². The van der Waals surface area contributed by atoms with Crippen LogP contribution in [-0.4, -0.2) is 26.5 Å². The van der Waals surface area contributed by atoms with E-state index in [1.54, 1.807) is 26.0 Å². The molecule has 0 spiro atoms. The Morgan fingerprint density at radius 1 is 1.15 bits per heavy atom. The molecular formula is C16H27NO2S. The van der Waals surface area contributed by atoms with E-state index in [0.29, 0.717) is 6.04 Å². The molecule has 4 heteroatoms. The van der Waals surface area contributed by atoms with Gasteiger partial charge in [-0.1, -0.05) is 20.3 Å². The van der Waals surface area contributed by atoms with Crippen LogP contribution < -0.4 is 14.8 Å². The van der Waals surface area contributed by atoms with Crippen LogP contribution >= 0.6 is 11.8 Å². The van der Waals surface area contributed by atoms with Gasteiger partial charge in [-0.2, -0.15) is 0 Å². The van der Waals surface area contributed by atoms with Crippen LogP contribution in [0, 0.1) is 0 Å². The zero-order chi connectivity index (χ0) is 15.0. The summed E-state index contributed by atoms with van der Waals surface area (Å²) in [5, 5.41) is 3.64. The molecule has 0 radical (unpaired) electrons. The molecule has 0 aliphatic heterocycles. The average molecular weight is 297 g/mol. The molecule has 0 bridgehead atoms. The van der Waals surface area contributed by atoms with E-state index in [1.807, 2.05) is 0 Å². The predicted octanol–water partition coefficient (Wildman–Crippen LogP) is 4.09. The van der Waals surface area contributed by atoms with Gasteiger partial charge in [0.2, 0.25) is 0 Å². The highest BCUT2D eigenvalue weighted by molar-refractivity contribution is 7.98. The largest absolute Gasteiger partial charge is 0.493 e. The van der Waals surface area contributed by atoms with E-state index >= 15 is 0 Å². The molecule has 1 aromatic rings. The van der Waals surface area contributed by atoms with E-state index in [0.717, 1.165) is 24.5 Å². The Hall–Kier alpha value is -0.870. The monoisotopic (exact) mass is 297 g/mol. The molecule has 1 N–H and O–H groups in total. The molecule has 1 unspecified atom stereocenters. The molecule has 0 aromatic heterocycles. The summed E-state index contributed by atoms with van der Waals surface area (Å²) < 4.78 is 10.8. The van der Waals surface area contributed by atoms with Crippen molar-refractivity contribution in [1.82, 2.24) is 5.32 Å². The highest BCUT2D eigenvalue weighted by atomic mass is 32.2. The fourth-order valence-electron chi connectivity index (χ4n) is 2.28. The second kappa shape index (κ2) is 9.14. The van der Waals surface area contributed by atoms with Gasteiger partial charge < -0.3 is 14.8 Å². The SMILES string of the molecule is CCCC(CC)NCc1cc(OC)c(OC)cc1SC. The van der Waals surface area contributed by atoms with Crippen LogP contribution in [-0.2, 0) is 6.54 Å². The van der Waals surface area contributed by atoms with Crippen LogP contribution in [0.15, 0.2) is 17.0 Å². The van der Waals surface area contributed by atoms with E-state index in [-0.39, 0.29) is 0 Å². The Labute approximate surface area is 127 Å². The fraction of sp³-hybridized carbons (Fsp3) is 0.625. The van der Waals surface area contributed by atoms with E-state index in [4.69, 9.17) is 9.47 Å². The minimum atomic E-state index is 0.586. The first kappa shape index (κ1) is 17.2. The maximum Gasteiger partial charge on any atom is 0.161 e. The van der Waals surface area contributed by atoms with Gasteiger partial charge in [-0.05, 0) is 36.8 Å². The van der Waals surface area contributed by atoms with Crippen LogP contribution in [0.25, 0.3) is 0 Å². The Balaban J connectivity index is 2.87. The highest BCUT2D eigenvalue weighted by Gasteiger charge is 2.12. The summed E-state index contributed by atoms with van der Waals surface area (Å²) in [6.45, 7) is 5.33. The molecular weight excluding hydrogens is 270 g/mol. The number of rotatable bonds is 9. The molecule has 0 aliphatic carbocycles. The van der Waals surface area contributed by atoms with Crippen molar-refractivity contribution in [3.05, 3.63) is 17.7 Å². The number of hydrogen-bond acceptors (Lipinski definition) is 4. The molecule has 114 valence electrons. The number of thioether (sulfide) groups is 1. The first-order chi connectivity index (χ1) is 9.69. The number of benzene rings is 1. The van der Waals surface area contributed by atoms with E-state index in [2.05, 4.69) is 37.6 Å². The van der Waals surface area contributed by atoms with E-state index in [1.165, 1.54) is 23.3 Å². The fourth-order valence-corrected chi connectivity index (χ4v) is 2.90. The van der Waals surface area contributed by atoms with E-state index < -0.39 is 0 Å². The smallest absolute Gasteiger partial charge is 0.161 e. The Morgan fingerprint density at radius 2 is 1.80 bits per heavy atom. The first-order valence-electron chi connectivity index (χ1n) is 7.22. The molecule has 0 fully saturated rings. The normalized spacial score (nSPS) is 12.2. The summed E-state index contributed by atoms with van der Waals surface area (Å²) in [4.78, 5) is 1.24. The zero-order valence-electron chi connectivity index (χ0n) is 13.3. The summed E-state index contributed by atoms with van der Waals surface area (Å²) in [5.41, 5.74) is 1.27. The number of nitrogens with one attached hydrogen (secondary N) is 1. The maximum atomic E-state index is 5.39. The van der Waals surface area contributed by atoms with Gasteiger partial charge in [0.25, 0.3) is 0 Å². The summed E-state index contributed by atoms with van der Waals surface area (Å²) in [5.74, 6) is 1.59. The lowest BCUT2D eigenvalue weighted by Gasteiger charge is -2.18. The number of methoxy groups -OCH3 is 2. The molecule has 1 rings (SSSR count). The summed E-state index contributed by atoms with van der Waals surface area (Å²) in [7, 11) is 3.36. The van der Waals surface area contributed by atoms with Crippen LogP contribution in [0.2, 0.25) is 0 Å². The molecule has 0 amide bonds. The summed E-state index contributed by atoms with van der Waals surface area (Å²) >= 11 is 1.74. The van der Waals surface area contributed by atoms with Gasteiger partial charge in [-0.15, -0.1) is 11.8 Å². The molecule has 0 aliphatic rings. The Morgan fingerprint density at radius 3 is 2.30 bits per heavy atom. The Kier molecular flexibility index (Phi) is 7.85. The maximum absolute atomic E-state index is 5.39. The lowest BCUT2D eigenvalue weighted by molar-refractivity contribution is 0.353. The highest BCUT2D eigenvalue weighted by Crippen LogP contribution is 2.34. The van der Waals surface area contributed by atoms with Crippen molar-refractivity contribution in [2.24, 2.45) is 0 Å². The summed E-state index contributed by atoms with van der Waals surface area (Å²) in [6.07, 6.45) is 5.69. The minimum Gasteiger partial charge on any atom is -0.493 e. The number of hydrogen-bond donors (Lipinski definition) is 1. The molecule has 0 heterocycles. The van der Waals surface area contributed by atoms with Crippen molar-refractivity contribution < 1.29 is 9.47 Å². The van der Waals surface area contributed by atoms with Crippen LogP contribution in [0.5, 0.6) is 11.5 Å². The van der Waals surface area contributed by atoms with E-state index in [9.17, 15) is 0 Å². The first-order valence-corrected chi connectivity index (χ1v) is 8.44. The van der Waals surface area contributed by atoms with Crippen LogP contribution in [0.4, 0.5) is 0 Å². The molecule has 0 saturated carbocycles. The standard InChI is InChI=1S/C16H27NO2S/c1-6-8-13(7-2)17-11-12-9-14(18-3)15(19-4)10-16(12)20-5/h9-10,13,17H,6-8,11H2,1-5H3. The van der Waals surface area contributed by atoms with Crippen molar-refractivity contribution in [2.45, 2.75) is 50.6 Å². The molecule has 3 nitrogen and oxygen atoms in total. The number of ether oxygens (including phenoxy) is 2. The average Bonchev–Trinajstić information content (AvgIpc) is 2.50. The third-order valence-electron chi connectivity index (χ3n) is 3.50. The van der Waals surface area contributed by atoms with Crippen LogP contribution in [0.1, 0.15) is 38.7 Å².